The summed E-state index contributed by atoms with van der Waals surface area (Å²) >= 11 is 0.120. The Labute approximate surface area is 157 Å². The summed E-state index contributed by atoms with van der Waals surface area (Å²) in [5, 5.41) is 4.91. The van der Waals surface area contributed by atoms with Crippen LogP contribution in [0.1, 0.15) is 17.3 Å². The highest BCUT2D eigenvalue weighted by Gasteiger charge is 2.18. The summed E-state index contributed by atoms with van der Waals surface area (Å²) < 4.78 is 29.9. The van der Waals surface area contributed by atoms with Gasteiger partial charge < -0.3 is 15.4 Å². The van der Waals surface area contributed by atoms with Gasteiger partial charge >= 0.3 is 5.97 Å². The van der Waals surface area contributed by atoms with Crippen molar-refractivity contribution in [3.8, 4) is 0 Å². The molecule has 27 heavy (non-hydrogen) atoms. The van der Waals surface area contributed by atoms with Crippen molar-refractivity contribution >= 4 is 40.9 Å². The molecule has 0 saturated carbocycles. The standard InChI is InChI=1S/C17H15F2N3O4S/c1-10(23)21-11-4-6-12(7-5-11)22-14(24)9-26-16(25)13-3-2-8-20-15(13)27-17(18)19/h2-8,17H,9H2,1H3,(H,21,23)(H,22,24). The third-order valence-electron chi connectivity index (χ3n) is 3.02. The lowest BCUT2D eigenvalue weighted by atomic mass is 10.2. The zero-order valence-corrected chi connectivity index (χ0v) is 14.9. The molecular weight excluding hydrogens is 380 g/mol. The average molecular weight is 395 g/mol. The molecule has 10 heteroatoms. The molecule has 0 bridgehead atoms. The number of nitrogens with zero attached hydrogens (tertiary/aromatic N) is 1. The largest absolute Gasteiger partial charge is 0.452 e. The Balaban J connectivity index is 1.90. The Morgan fingerprint density at radius 2 is 1.74 bits per heavy atom. The minimum absolute atomic E-state index is 0.120. The smallest absolute Gasteiger partial charge is 0.341 e. The van der Waals surface area contributed by atoms with Gasteiger partial charge in [-0.25, -0.2) is 9.78 Å². The molecule has 2 rings (SSSR count). The molecular formula is C17H15F2N3O4S. The van der Waals surface area contributed by atoms with Gasteiger partial charge in [0.05, 0.1) is 5.56 Å². The lowest BCUT2D eigenvalue weighted by molar-refractivity contribution is -0.119. The van der Waals surface area contributed by atoms with Gasteiger partial charge in [-0.2, -0.15) is 8.78 Å². The van der Waals surface area contributed by atoms with E-state index in [4.69, 9.17) is 4.74 Å². The fourth-order valence-electron chi connectivity index (χ4n) is 1.97. The molecule has 7 nitrogen and oxygen atoms in total. The van der Waals surface area contributed by atoms with Crippen molar-refractivity contribution in [2.24, 2.45) is 0 Å². The minimum Gasteiger partial charge on any atom is -0.452 e. The predicted molar refractivity (Wildman–Crippen MR) is 95.8 cm³/mol. The van der Waals surface area contributed by atoms with Crippen molar-refractivity contribution < 1.29 is 27.9 Å². The van der Waals surface area contributed by atoms with Crippen LogP contribution in [0.25, 0.3) is 0 Å². The number of halogens is 2. The van der Waals surface area contributed by atoms with E-state index in [9.17, 15) is 23.2 Å². The molecule has 0 saturated heterocycles. The summed E-state index contributed by atoms with van der Waals surface area (Å²) in [5.74, 6) is -4.50. The van der Waals surface area contributed by atoms with E-state index in [1.165, 1.54) is 25.3 Å². The van der Waals surface area contributed by atoms with E-state index in [1.54, 1.807) is 24.3 Å². The number of thioether (sulfide) groups is 1. The molecule has 0 aliphatic heterocycles. The number of alkyl halides is 2. The first-order valence-corrected chi connectivity index (χ1v) is 8.47. The van der Waals surface area contributed by atoms with Crippen LogP contribution in [0.4, 0.5) is 20.2 Å². The maximum atomic E-state index is 12.5. The molecule has 1 heterocycles. The van der Waals surface area contributed by atoms with Crippen LogP contribution >= 0.6 is 11.8 Å². The Bertz CT molecular complexity index is 831. The van der Waals surface area contributed by atoms with Gasteiger partial charge in [0, 0.05) is 24.5 Å². The van der Waals surface area contributed by atoms with Crippen LogP contribution in [0.15, 0.2) is 47.6 Å². The molecule has 0 spiro atoms. The normalized spacial score (nSPS) is 10.4. The number of nitrogens with one attached hydrogen (secondary N) is 2. The third-order valence-corrected chi connectivity index (χ3v) is 3.74. The number of pyridine rings is 1. The number of carbonyl (C=O) groups excluding carboxylic acids is 3. The van der Waals surface area contributed by atoms with Crippen LogP contribution in [0.5, 0.6) is 0 Å². The van der Waals surface area contributed by atoms with Crippen molar-refractivity contribution in [1.29, 1.82) is 0 Å². The van der Waals surface area contributed by atoms with Crippen LogP contribution in [0.3, 0.4) is 0 Å². The number of carbonyl (C=O) groups is 3. The van der Waals surface area contributed by atoms with Gasteiger partial charge in [-0.3, -0.25) is 9.59 Å². The second-order valence-electron chi connectivity index (χ2n) is 5.12. The Hall–Kier alpha value is -3.01. The van der Waals surface area contributed by atoms with E-state index >= 15 is 0 Å². The van der Waals surface area contributed by atoms with Crippen LogP contribution in [0, 0.1) is 0 Å². The predicted octanol–water partition coefficient (Wildman–Crippen LogP) is 3.15. The van der Waals surface area contributed by atoms with Crippen LogP contribution in [-0.4, -0.2) is 35.1 Å². The Kier molecular flexibility index (Phi) is 7.24. The third kappa shape index (κ3) is 6.66. The lowest BCUT2D eigenvalue weighted by Gasteiger charge is -2.09. The van der Waals surface area contributed by atoms with Crippen LogP contribution < -0.4 is 10.6 Å². The number of hydrogen-bond donors (Lipinski definition) is 2. The van der Waals surface area contributed by atoms with E-state index in [-0.39, 0.29) is 28.3 Å². The molecule has 142 valence electrons. The molecule has 2 aromatic rings. The van der Waals surface area contributed by atoms with E-state index in [0.29, 0.717) is 11.4 Å². The fourth-order valence-corrected chi connectivity index (χ4v) is 2.54. The second kappa shape index (κ2) is 9.62. The SMILES string of the molecule is CC(=O)Nc1ccc(NC(=O)COC(=O)c2cccnc2SC(F)F)cc1. The van der Waals surface area contributed by atoms with Crippen molar-refractivity contribution in [3.63, 3.8) is 0 Å². The van der Waals surface area contributed by atoms with Crippen molar-refractivity contribution in [1.82, 2.24) is 4.98 Å². The van der Waals surface area contributed by atoms with E-state index in [1.807, 2.05) is 0 Å². The monoisotopic (exact) mass is 395 g/mol. The lowest BCUT2D eigenvalue weighted by Crippen LogP contribution is -2.21. The quantitative estimate of drug-likeness (QED) is 0.552. The number of rotatable bonds is 7. The van der Waals surface area contributed by atoms with Gasteiger partial charge in [-0.15, -0.1) is 0 Å². The maximum absolute atomic E-state index is 12.5. The van der Waals surface area contributed by atoms with E-state index < -0.39 is 24.2 Å². The van der Waals surface area contributed by atoms with Crippen molar-refractivity contribution in [2.45, 2.75) is 17.7 Å². The van der Waals surface area contributed by atoms with Gasteiger partial charge in [-0.1, -0.05) is 0 Å². The number of hydrogen-bond acceptors (Lipinski definition) is 6. The molecule has 2 amide bonds. The summed E-state index contributed by atoms with van der Waals surface area (Å²) in [4.78, 5) is 38.5. The number of anilines is 2. The number of amides is 2. The first-order valence-electron chi connectivity index (χ1n) is 7.59. The zero-order chi connectivity index (χ0) is 19.8. The molecule has 0 atom stereocenters. The molecule has 0 fully saturated rings. The molecule has 2 N–H and O–H groups in total. The van der Waals surface area contributed by atoms with Crippen molar-refractivity contribution in [2.75, 3.05) is 17.2 Å². The molecule has 1 aromatic heterocycles. The highest BCUT2D eigenvalue weighted by Crippen LogP contribution is 2.26. The first kappa shape index (κ1) is 20.3. The fraction of sp³-hybridized carbons (Fsp3) is 0.176. The highest BCUT2D eigenvalue weighted by molar-refractivity contribution is 7.99. The Morgan fingerprint density at radius 3 is 2.33 bits per heavy atom. The number of ether oxygens (including phenoxy) is 1. The molecule has 0 unspecified atom stereocenters. The summed E-state index contributed by atoms with van der Waals surface area (Å²) in [7, 11) is 0. The van der Waals surface area contributed by atoms with Gasteiger partial charge in [0.1, 0.15) is 5.03 Å². The minimum atomic E-state index is -2.74. The Morgan fingerprint density at radius 1 is 1.11 bits per heavy atom. The number of aromatic nitrogens is 1. The summed E-state index contributed by atoms with van der Waals surface area (Å²) in [5.41, 5.74) is 0.850. The van der Waals surface area contributed by atoms with Crippen LogP contribution in [0.2, 0.25) is 0 Å². The maximum Gasteiger partial charge on any atom is 0.341 e. The zero-order valence-electron chi connectivity index (χ0n) is 14.1. The highest BCUT2D eigenvalue weighted by atomic mass is 32.2. The number of benzene rings is 1. The van der Waals surface area contributed by atoms with E-state index in [2.05, 4.69) is 15.6 Å². The van der Waals surface area contributed by atoms with Gasteiger partial charge in [0.25, 0.3) is 11.7 Å². The van der Waals surface area contributed by atoms with Crippen molar-refractivity contribution in [3.05, 3.63) is 48.2 Å². The van der Waals surface area contributed by atoms with Crippen LogP contribution in [-0.2, 0) is 14.3 Å². The average Bonchev–Trinajstić information content (AvgIpc) is 2.61. The summed E-state index contributed by atoms with van der Waals surface area (Å²) in [6, 6.07) is 8.99. The molecule has 1 aromatic carbocycles. The second-order valence-corrected chi connectivity index (χ2v) is 6.10. The summed E-state index contributed by atoms with van der Waals surface area (Å²) in [6.45, 7) is 0.775. The van der Waals surface area contributed by atoms with Gasteiger partial charge in [0.2, 0.25) is 5.91 Å². The van der Waals surface area contributed by atoms with Gasteiger partial charge in [-0.05, 0) is 48.2 Å². The topological polar surface area (TPSA) is 97.4 Å². The first-order chi connectivity index (χ1) is 12.8. The molecule has 0 aliphatic carbocycles. The van der Waals surface area contributed by atoms with Gasteiger partial charge in [0.15, 0.2) is 6.61 Å². The van der Waals surface area contributed by atoms with E-state index in [0.717, 1.165) is 0 Å². The molecule has 0 radical (unpaired) electrons. The molecule has 0 aliphatic rings. The summed E-state index contributed by atoms with van der Waals surface area (Å²) in [6.07, 6.45) is 1.28. The number of esters is 1.